The van der Waals surface area contributed by atoms with Crippen molar-refractivity contribution >= 4 is 22.8 Å². The Balaban J connectivity index is 2.12. The minimum absolute atomic E-state index is 0.177. The molecule has 2 aromatic rings. The van der Waals surface area contributed by atoms with Crippen LogP contribution >= 0.6 is 0 Å². The van der Waals surface area contributed by atoms with Crippen molar-refractivity contribution in [3.05, 3.63) is 18.1 Å². The number of carbonyl (C=O) groups is 1. The van der Waals surface area contributed by atoms with Gasteiger partial charge in [-0.25, -0.2) is 14.8 Å². The van der Waals surface area contributed by atoms with Crippen LogP contribution in [0, 0.1) is 0 Å². The number of carboxylic acids is 1. The van der Waals surface area contributed by atoms with E-state index in [0.717, 1.165) is 12.8 Å². The normalized spacial score (nSPS) is 15.2. The lowest BCUT2D eigenvalue weighted by Crippen LogP contribution is -2.04. The summed E-state index contributed by atoms with van der Waals surface area (Å²) in [5.41, 5.74) is 1.29. The van der Waals surface area contributed by atoms with Gasteiger partial charge in [-0.05, 0) is 12.8 Å². The van der Waals surface area contributed by atoms with Gasteiger partial charge in [0, 0.05) is 12.2 Å². The summed E-state index contributed by atoms with van der Waals surface area (Å²) in [5, 5.41) is 12.2. The summed E-state index contributed by atoms with van der Waals surface area (Å²) in [5.74, 6) is -0.303. The Kier molecular flexibility index (Phi) is 1.82. The van der Waals surface area contributed by atoms with E-state index in [2.05, 4.69) is 20.3 Å². The van der Waals surface area contributed by atoms with Crippen LogP contribution in [0.1, 0.15) is 23.2 Å². The predicted molar refractivity (Wildman–Crippen MR) is 57.5 cm³/mol. The zero-order valence-electron chi connectivity index (χ0n) is 8.40. The third-order valence-electron chi connectivity index (χ3n) is 2.61. The Morgan fingerprint density at radius 1 is 1.50 bits per heavy atom. The van der Waals surface area contributed by atoms with Gasteiger partial charge in [-0.3, -0.25) is 0 Å². The van der Waals surface area contributed by atoms with Crippen LogP contribution in [-0.2, 0) is 0 Å². The molecule has 0 unspecified atom stereocenters. The van der Waals surface area contributed by atoms with Gasteiger partial charge in [0.15, 0.2) is 5.82 Å². The van der Waals surface area contributed by atoms with Crippen LogP contribution in [-0.4, -0.2) is 32.1 Å². The van der Waals surface area contributed by atoms with E-state index in [1.165, 1.54) is 12.5 Å². The monoisotopic (exact) mass is 218 g/mol. The number of H-pyrrole nitrogens is 1. The smallest absolute Gasteiger partial charge is 0.339 e. The molecular weight excluding hydrogens is 208 g/mol. The maximum atomic E-state index is 10.9. The van der Waals surface area contributed by atoms with E-state index >= 15 is 0 Å². The first-order valence-electron chi connectivity index (χ1n) is 5.07. The second-order valence-electron chi connectivity index (χ2n) is 3.87. The summed E-state index contributed by atoms with van der Waals surface area (Å²) >= 11 is 0. The molecule has 0 aromatic carbocycles. The molecule has 1 saturated carbocycles. The second kappa shape index (κ2) is 3.19. The average Bonchev–Trinajstić information content (AvgIpc) is 2.95. The van der Waals surface area contributed by atoms with Crippen molar-refractivity contribution in [3.63, 3.8) is 0 Å². The van der Waals surface area contributed by atoms with Crippen LogP contribution in [0.15, 0.2) is 12.5 Å². The molecule has 0 spiro atoms. The highest BCUT2D eigenvalue weighted by atomic mass is 16.4. The van der Waals surface area contributed by atoms with Crippen molar-refractivity contribution in [2.24, 2.45) is 0 Å². The molecule has 2 heterocycles. The number of nitrogens with one attached hydrogen (secondary N) is 2. The van der Waals surface area contributed by atoms with Crippen molar-refractivity contribution in [3.8, 4) is 0 Å². The molecule has 3 rings (SSSR count). The molecule has 0 aliphatic heterocycles. The number of aromatic carboxylic acids is 1. The quantitative estimate of drug-likeness (QED) is 0.720. The largest absolute Gasteiger partial charge is 0.478 e. The molecule has 0 saturated heterocycles. The minimum Gasteiger partial charge on any atom is -0.478 e. The van der Waals surface area contributed by atoms with Crippen molar-refractivity contribution in [1.29, 1.82) is 0 Å². The number of anilines is 1. The number of nitrogens with zero attached hydrogens (tertiary/aromatic N) is 2. The summed E-state index contributed by atoms with van der Waals surface area (Å²) < 4.78 is 0. The lowest BCUT2D eigenvalue weighted by atomic mass is 10.3. The van der Waals surface area contributed by atoms with E-state index in [1.54, 1.807) is 0 Å². The van der Waals surface area contributed by atoms with Gasteiger partial charge in [0.1, 0.15) is 22.9 Å². The summed E-state index contributed by atoms with van der Waals surface area (Å²) in [7, 11) is 0. The number of hydrogen-bond acceptors (Lipinski definition) is 4. The number of rotatable bonds is 3. The molecule has 0 amide bonds. The Labute approximate surface area is 90.7 Å². The molecule has 0 bridgehead atoms. The van der Waals surface area contributed by atoms with Crippen molar-refractivity contribution in [2.45, 2.75) is 18.9 Å². The van der Waals surface area contributed by atoms with Gasteiger partial charge in [-0.1, -0.05) is 0 Å². The molecular formula is C10H10N4O2. The fraction of sp³-hybridized carbons (Fsp3) is 0.300. The van der Waals surface area contributed by atoms with E-state index in [1.807, 2.05) is 0 Å². The third kappa shape index (κ3) is 1.39. The molecule has 16 heavy (non-hydrogen) atoms. The summed E-state index contributed by atoms with van der Waals surface area (Å²) in [4.78, 5) is 21.9. The molecule has 6 nitrogen and oxygen atoms in total. The molecule has 1 aliphatic rings. The average molecular weight is 218 g/mol. The van der Waals surface area contributed by atoms with Gasteiger partial charge in [-0.2, -0.15) is 0 Å². The molecule has 3 N–H and O–H groups in total. The number of fused-ring (bicyclic) bond motifs is 1. The van der Waals surface area contributed by atoms with Gasteiger partial charge >= 0.3 is 5.97 Å². The van der Waals surface area contributed by atoms with E-state index < -0.39 is 5.97 Å². The molecule has 1 fully saturated rings. The van der Waals surface area contributed by atoms with E-state index in [9.17, 15) is 4.79 Å². The first kappa shape index (κ1) is 9.14. The highest BCUT2D eigenvalue weighted by Gasteiger charge is 2.23. The van der Waals surface area contributed by atoms with E-state index in [-0.39, 0.29) is 5.56 Å². The Morgan fingerprint density at radius 2 is 2.31 bits per heavy atom. The van der Waals surface area contributed by atoms with Crippen molar-refractivity contribution in [1.82, 2.24) is 15.0 Å². The third-order valence-corrected chi connectivity index (χ3v) is 2.61. The molecule has 0 atom stereocenters. The van der Waals surface area contributed by atoms with Gasteiger partial charge < -0.3 is 15.4 Å². The topological polar surface area (TPSA) is 90.9 Å². The van der Waals surface area contributed by atoms with Crippen LogP contribution in [0.3, 0.4) is 0 Å². The van der Waals surface area contributed by atoms with E-state index in [0.29, 0.717) is 22.9 Å². The second-order valence-corrected chi connectivity index (χ2v) is 3.87. The zero-order chi connectivity index (χ0) is 11.1. The zero-order valence-corrected chi connectivity index (χ0v) is 8.40. The lowest BCUT2D eigenvalue weighted by molar-refractivity contribution is 0.0699. The molecule has 1 aliphatic carbocycles. The highest BCUT2D eigenvalue weighted by molar-refractivity contribution is 6.03. The predicted octanol–water partition coefficient (Wildman–Crippen LogP) is 1.23. The van der Waals surface area contributed by atoms with Crippen LogP contribution in [0.2, 0.25) is 0 Å². The van der Waals surface area contributed by atoms with Crippen molar-refractivity contribution < 1.29 is 9.90 Å². The highest BCUT2D eigenvalue weighted by Crippen LogP contribution is 2.27. The number of carboxylic acid groups (broad SMARTS) is 1. The molecule has 0 radical (unpaired) electrons. The van der Waals surface area contributed by atoms with Crippen LogP contribution in [0.25, 0.3) is 11.0 Å². The fourth-order valence-corrected chi connectivity index (χ4v) is 1.63. The van der Waals surface area contributed by atoms with Crippen LogP contribution in [0.4, 0.5) is 5.82 Å². The van der Waals surface area contributed by atoms with Gasteiger partial charge in [-0.15, -0.1) is 0 Å². The Hall–Kier alpha value is -2.11. The number of aromatic nitrogens is 3. The minimum atomic E-state index is -0.984. The molecule has 6 heteroatoms. The summed E-state index contributed by atoms with van der Waals surface area (Å²) in [6.07, 6.45) is 5.10. The first-order valence-corrected chi connectivity index (χ1v) is 5.07. The molecule has 2 aromatic heterocycles. The Morgan fingerprint density at radius 3 is 3.00 bits per heavy atom. The molecule has 82 valence electrons. The van der Waals surface area contributed by atoms with Crippen LogP contribution < -0.4 is 5.32 Å². The maximum absolute atomic E-state index is 10.9. The van der Waals surface area contributed by atoms with Gasteiger partial charge in [0.25, 0.3) is 0 Å². The number of aromatic amines is 1. The lowest BCUT2D eigenvalue weighted by Gasteiger charge is -2.03. The number of hydrogen-bond donors (Lipinski definition) is 3. The standard InChI is InChI=1S/C10H10N4O2/c15-10(16)6-3-11-8-7(6)12-4-13-9(8)14-5-1-2-5/h3-5,11H,1-2H2,(H,15,16)(H,12,13,14). The summed E-state index contributed by atoms with van der Waals surface area (Å²) in [6, 6.07) is 0.467. The SMILES string of the molecule is O=C(O)c1c[nH]c2c(NC3CC3)ncnc12. The first-order chi connectivity index (χ1) is 7.75. The van der Waals surface area contributed by atoms with Gasteiger partial charge in [0.05, 0.1) is 0 Å². The van der Waals surface area contributed by atoms with Gasteiger partial charge in [0.2, 0.25) is 0 Å². The van der Waals surface area contributed by atoms with E-state index in [4.69, 9.17) is 5.11 Å². The Bertz CT molecular complexity index is 559. The summed E-state index contributed by atoms with van der Waals surface area (Å²) in [6.45, 7) is 0. The van der Waals surface area contributed by atoms with Crippen LogP contribution in [0.5, 0.6) is 0 Å². The fourth-order valence-electron chi connectivity index (χ4n) is 1.63. The van der Waals surface area contributed by atoms with Crippen molar-refractivity contribution in [2.75, 3.05) is 5.32 Å². The maximum Gasteiger partial charge on any atom is 0.339 e.